The molecule has 0 aromatic heterocycles. The Hall–Kier alpha value is -2.28. The molecule has 0 saturated heterocycles. The first kappa shape index (κ1) is 22.9. The van der Waals surface area contributed by atoms with Crippen LogP contribution in [0.2, 0.25) is 0 Å². The van der Waals surface area contributed by atoms with Gasteiger partial charge in [0.1, 0.15) is 0 Å². The molecule has 2 unspecified atom stereocenters. The predicted octanol–water partition coefficient (Wildman–Crippen LogP) is 4.45. The van der Waals surface area contributed by atoms with E-state index in [4.69, 9.17) is 0 Å². The highest BCUT2D eigenvalue weighted by Crippen LogP contribution is 2.67. The van der Waals surface area contributed by atoms with Gasteiger partial charge in [0.15, 0.2) is 0 Å². The first-order valence-electron chi connectivity index (χ1n) is 10.6. The number of nitriles is 1. The number of nitrogens with zero attached hydrogens (tertiary/aromatic N) is 1. The maximum absolute atomic E-state index is 13.4. The number of anilines is 1. The van der Waals surface area contributed by atoms with Crippen molar-refractivity contribution in [3.63, 3.8) is 0 Å². The lowest BCUT2D eigenvalue weighted by atomic mass is 9.75. The molecule has 0 spiro atoms. The van der Waals surface area contributed by atoms with Crippen molar-refractivity contribution >= 4 is 21.6 Å². The van der Waals surface area contributed by atoms with Crippen LogP contribution in [0.15, 0.2) is 18.2 Å². The molecular weight excluding hydrogens is 443 g/mol. The van der Waals surface area contributed by atoms with Crippen LogP contribution in [0.4, 0.5) is 18.9 Å². The summed E-state index contributed by atoms with van der Waals surface area (Å²) in [4.78, 5) is 13.3. The number of carbonyl (C=O) groups excluding carboxylic acids is 1. The number of nitrogens with one attached hydrogen (secondary N) is 2. The average Bonchev–Trinajstić information content (AvgIpc) is 2.98. The fourth-order valence-corrected chi connectivity index (χ4v) is 6.64. The number of alkyl halides is 3. The summed E-state index contributed by atoms with van der Waals surface area (Å²) in [6.07, 6.45) is -1.12. The third kappa shape index (κ3) is 3.45. The van der Waals surface area contributed by atoms with Gasteiger partial charge in [0.2, 0.25) is 10.0 Å². The summed E-state index contributed by atoms with van der Waals surface area (Å²) in [5.74, 6) is -0.184. The molecule has 2 N–H and O–H groups in total. The van der Waals surface area contributed by atoms with Gasteiger partial charge in [-0.3, -0.25) is 9.52 Å². The summed E-state index contributed by atoms with van der Waals surface area (Å²) in [5.41, 5.74) is -3.18. The van der Waals surface area contributed by atoms with E-state index in [2.05, 4.69) is 16.1 Å². The molecule has 4 fully saturated rings. The minimum Gasteiger partial charge on any atom is -0.345 e. The van der Waals surface area contributed by atoms with Crippen LogP contribution in [0.3, 0.4) is 0 Å². The summed E-state index contributed by atoms with van der Waals surface area (Å²) < 4.78 is 66.4. The second-order valence-corrected chi connectivity index (χ2v) is 12.9. The number of hydrogen-bond acceptors (Lipinski definition) is 4. The van der Waals surface area contributed by atoms with Crippen LogP contribution >= 0.6 is 0 Å². The molecule has 174 valence electrons. The van der Waals surface area contributed by atoms with Crippen LogP contribution in [0, 0.1) is 28.6 Å². The standard InChI is InChI=1S/C22H26F3N3O3S/c1-19(2,3)32(30,31)28-17-5-4-15(22(23,24)25)7-16(17)18(29)27-21-10-13-6-14(11-21)9-20(21,8-13)12-26/h4-5,7,13-14,28H,6,8-11H2,1-3H3,(H,27,29). The van der Waals surface area contributed by atoms with Gasteiger partial charge in [-0.1, -0.05) is 0 Å². The van der Waals surface area contributed by atoms with E-state index in [0.29, 0.717) is 43.6 Å². The second-order valence-electron chi connectivity index (χ2n) is 10.5. The Labute approximate surface area is 185 Å². The highest BCUT2D eigenvalue weighted by molar-refractivity contribution is 7.94. The largest absolute Gasteiger partial charge is 0.416 e. The molecule has 4 aliphatic carbocycles. The van der Waals surface area contributed by atoms with Crippen LogP contribution in [-0.4, -0.2) is 24.6 Å². The van der Waals surface area contributed by atoms with Crippen LogP contribution in [-0.2, 0) is 16.2 Å². The molecule has 2 atom stereocenters. The predicted molar refractivity (Wildman–Crippen MR) is 112 cm³/mol. The molecule has 0 aliphatic heterocycles. The molecule has 6 nitrogen and oxygen atoms in total. The quantitative estimate of drug-likeness (QED) is 0.681. The molecule has 0 radical (unpaired) electrons. The molecule has 32 heavy (non-hydrogen) atoms. The maximum atomic E-state index is 13.4. The number of rotatable bonds is 4. The van der Waals surface area contributed by atoms with Gasteiger partial charge in [-0.2, -0.15) is 18.4 Å². The molecule has 0 heterocycles. The van der Waals surface area contributed by atoms with Gasteiger partial charge in [-0.15, -0.1) is 0 Å². The first-order chi connectivity index (χ1) is 14.6. The van der Waals surface area contributed by atoms with Crippen LogP contribution in [0.1, 0.15) is 68.8 Å². The average molecular weight is 470 g/mol. The monoisotopic (exact) mass is 469 g/mol. The van der Waals surface area contributed by atoms with E-state index in [-0.39, 0.29) is 5.69 Å². The third-order valence-electron chi connectivity index (χ3n) is 7.34. The zero-order valence-electron chi connectivity index (χ0n) is 18.1. The molecule has 1 aromatic rings. The summed E-state index contributed by atoms with van der Waals surface area (Å²) in [6.45, 7) is 4.34. The molecule has 1 aromatic carbocycles. The molecule has 4 saturated carbocycles. The summed E-state index contributed by atoms with van der Waals surface area (Å²) in [5, 5.41) is 12.8. The van der Waals surface area contributed by atoms with Gasteiger partial charge in [-0.25, -0.2) is 8.42 Å². The lowest BCUT2D eigenvalue weighted by Gasteiger charge is -2.37. The van der Waals surface area contributed by atoms with Crippen molar-refractivity contribution in [3.8, 4) is 6.07 Å². The molecule has 1 amide bonds. The van der Waals surface area contributed by atoms with E-state index < -0.39 is 48.9 Å². The van der Waals surface area contributed by atoms with Crippen LogP contribution < -0.4 is 10.0 Å². The zero-order chi connectivity index (χ0) is 23.7. The minimum atomic E-state index is -4.70. The molecular formula is C22H26F3N3O3S. The van der Waals surface area contributed by atoms with Gasteiger partial charge < -0.3 is 5.32 Å². The number of amides is 1. The van der Waals surface area contributed by atoms with Crippen molar-refractivity contribution in [2.45, 2.75) is 69.3 Å². The Morgan fingerprint density at radius 1 is 1.12 bits per heavy atom. The molecule has 5 rings (SSSR count). The van der Waals surface area contributed by atoms with Gasteiger partial charge in [0, 0.05) is 0 Å². The normalized spacial score (nSPS) is 31.4. The van der Waals surface area contributed by atoms with E-state index in [1.165, 1.54) is 20.8 Å². The number of halogens is 3. The van der Waals surface area contributed by atoms with Crippen molar-refractivity contribution in [3.05, 3.63) is 29.3 Å². The van der Waals surface area contributed by atoms with Gasteiger partial charge in [-0.05, 0) is 82.9 Å². The van der Waals surface area contributed by atoms with E-state index >= 15 is 0 Å². The Bertz CT molecular complexity index is 1100. The van der Waals surface area contributed by atoms with Crippen LogP contribution in [0.25, 0.3) is 0 Å². The Morgan fingerprint density at radius 3 is 2.22 bits per heavy atom. The molecule has 4 aliphatic rings. The van der Waals surface area contributed by atoms with Crippen molar-refractivity contribution in [1.82, 2.24) is 5.32 Å². The van der Waals surface area contributed by atoms with E-state index in [9.17, 15) is 31.6 Å². The lowest BCUT2D eigenvalue weighted by molar-refractivity contribution is -0.137. The van der Waals surface area contributed by atoms with Crippen LogP contribution in [0.5, 0.6) is 0 Å². The zero-order valence-corrected chi connectivity index (χ0v) is 19.0. The summed E-state index contributed by atoms with van der Waals surface area (Å²) in [7, 11) is -3.98. The fourth-order valence-electron chi connectivity index (χ4n) is 5.87. The number of benzene rings is 1. The Morgan fingerprint density at radius 2 is 1.72 bits per heavy atom. The van der Waals surface area contributed by atoms with E-state index in [1.54, 1.807) is 0 Å². The van der Waals surface area contributed by atoms with Crippen molar-refractivity contribution < 1.29 is 26.4 Å². The van der Waals surface area contributed by atoms with Gasteiger partial charge >= 0.3 is 6.18 Å². The summed E-state index contributed by atoms with van der Waals surface area (Å²) in [6, 6.07) is 4.79. The minimum absolute atomic E-state index is 0.217. The number of hydrogen-bond donors (Lipinski definition) is 2. The molecule has 4 bridgehead atoms. The van der Waals surface area contributed by atoms with Crippen molar-refractivity contribution in [1.29, 1.82) is 5.26 Å². The topological polar surface area (TPSA) is 99.1 Å². The van der Waals surface area contributed by atoms with Gasteiger partial charge in [0.05, 0.1) is 38.6 Å². The highest BCUT2D eigenvalue weighted by atomic mass is 32.2. The Balaban J connectivity index is 1.73. The second kappa shape index (κ2) is 6.86. The number of carbonyl (C=O) groups is 1. The maximum Gasteiger partial charge on any atom is 0.416 e. The Kier molecular flexibility index (Phi) is 4.91. The number of sulfonamides is 1. The third-order valence-corrected chi connectivity index (χ3v) is 9.44. The molecule has 10 heteroatoms. The van der Waals surface area contributed by atoms with E-state index in [0.717, 1.165) is 18.6 Å². The van der Waals surface area contributed by atoms with Crippen molar-refractivity contribution in [2.75, 3.05) is 4.72 Å². The fraction of sp³-hybridized carbons (Fsp3) is 0.636. The summed E-state index contributed by atoms with van der Waals surface area (Å²) >= 11 is 0. The first-order valence-corrected chi connectivity index (χ1v) is 12.1. The van der Waals surface area contributed by atoms with E-state index in [1.807, 2.05) is 0 Å². The SMILES string of the molecule is CC(C)(C)S(=O)(=O)Nc1ccc(C(F)(F)F)cc1C(=O)NC12CC3CC(CC1(C#N)C3)C2. The smallest absolute Gasteiger partial charge is 0.345 e. The lowest BCUT2D eigenvalue weighted by Crippen LogP contribution is -2.54. The van der Waals surface area contributed by atoms with Gasteiger partial charge in [0.25, 0.3) is 5.91 Å². The van der Waals surface area contributed by atoms with Crippen molar-refractivity contribution in [2.24, 2.45) is 17.3 Å². The highest BCUT2D eigenvalue weighted by Gasteiger charge is 2.68.